The van der Waals surface area contributed by atoms with Gasteiger partial charge in [0.2, 0.25) is 0 Å². The molecule has 2 rings (SSSR count). The Hall–Kier alpha value is -1.06. The molecule has 1 aromatic rings. The molecule has 0 aromatic heterocycles. The molecule has 1 aliphatic heterocycles. The highest BCUT2D eigenvalue weighted by molar-refractivity contribution is 5.35. The van der Waals surface area contributed by atoms with Crippen molar-refractivity contribution < 1.29 is 4.74 Å². The van der Waals surface area contributed by atoms with Gasteiger partial charge >= 0.3 is 0 Å². The van der Waals surface area contributed by atoms with Gasteiger partial charge in [0.15, 0.2) is 0 Å². The Labute approximate surface area is 130 Å². The van der Waals surface area contributed by atoms with Crippen LogP contribution in [0.3, 0.4) is 0 Å². The molecule has 1 heterocycles. The van der Waals surface area contributed by atoms with Gasteiger partial charge in [0.05, 0.1) is 7.11 Å². The molecule has 3 heteroatoms. The SMILES string of the molecule is CCC.CCN1CCN(C(C)c2ccccc2OC)CC1. The molecule has 1 aliphatic rings. The van der Waals surface area contributed by atoms with Gasteiger partial charge in [-0.15, -0.1) is 0 Å². The molecule has 1 aromatic carbocycles. The maximum Gasteiger partial charge on any atom is 0.123 e. The number of rotatable bonds is 4. The Morgan fingerprint density at radius 1 is 1.05 bits per heavy atom. The average Bonchev–Trinajstić information content (AvgIpc) is 2.55. The van der Waals surface area contributed by atoms with Gasteiger partial charge in [-0.3, -0.25) is 4.90 Å². The highest BCUT2D eigenvalue weighted by Gasteiger charge is 2.22. The third-order valence-corrected chi connectivity index (χ3v) is 3.99. The lowest BCUT2D eigenvalue weighted by atomic mass is 10.0. The molecule has 1 atom stereocenters. The van der Waals surface area contributed by atoms with Gasteiger partial charge in [-0.05, 0) is 19.5 Å². The molecule has 21 heavy (non-hydrogen) atoms. The molecule has 0 saturated carbocycles. The Morgan fingerprint density at radius 3 is 2.14 bits per heavy atom. The minimum absolute atomic E-state index is 0.431. The van der Waals surface area contributed by atoms with Crippen LogP contribution in [-0.4, -0.2) is 49.6 Å². The lowest BCUT2D eigenvalue weighted by Crippen LogP contribution is -2.46. The molecule has 1 unspecified atom stereocenters. The van der Waals surface area contributed by atoms with Gasteiger partial charge in [0.25, 0.3) is 0 Å². The molecule has 3 nitrogen and oxygen atoms in total. The molecule has 0 amide bonds. The highest BCUT2D eigenvalue weighted by atomic mass is 16.5. The van der Waals surface area contributed by atoms with Crippen LogP contribution < -0.4 is 4.74 Å². The Bertz CT molecular complexity index is 387. The molecule has 0 aliphatic carbocycles. The second-order valence-electron chi connectivity index (χ2n) is 5.60. The summed E-state index contributed by atoms with van der Waals surface area (Å²) in [5.41, 5.74) is 1.30. The average molecular weight is 292 g/mol. The maximum absolute atomic E-state index is 5.46. The molecular formula is C18H32N2O. The summed E-state index contributed by atoms with van der Waals surface area (Å²) in [4.78, 5) is 5.05. The summed E-state index contributed by atoms with van der Waals surface area (Å²) < 4.78 is 5.46. The third kappa shape index (κ3) is 5.33. The summed E-state index contributed by atoms with van der Waals surface area (Å²) in [6.45, 7) is 14.6. The van der Waals surface area contributed by atoms with E-state index in [1.54, 1.807) is 7.11 Å². The minimum Gasteiger partial charge on any atom is -0.496 e. The first-order chi connectivity index (χ1) is 10.2. The normalized spacial score (nSPS) is 17.8. The first-order valence-electron chi connectivity index (χ1n) is 8.27. The fraction of sp³-hybridized carbons (Fsp3) is 0.667. The Balaban J connectivity index is 0.000000677. The molecular weight excluding hydrogens is 260 g/mol. The summed E-state index contributed by atoms with van der Waals surface area (Å²) in [6.07, 6.45) is 1.25. The topological polar surface area (TPSA) is 15.7 Å². The van der Waals surface area contributed by atoms with Crippen LogP contribution in [0.15, 0.2) is 24.3 Å². The van der Waals surface area contributed by atoms with E-state index in [0.717, 1.165) is 25.4 Å². The van der Waals surface area contributed by atoms with Crippen molar-refractivity contribution in [2.24, 2.45) is 0 Å². The molecule has 0 bridgehead atoms. The summed E-state index contributed by atoms with van der Waals surface area (Å²) >= 11 is 0. The van der Waals surface area contributed by atoms with Crippen LogP contribution in [0.25, 0.3) is 0 Å². The van der Waals surface area contributed by atoms with Crippen molar-refractivity contribution in [3.63, 3.8) is 0 Å². The molecule has 0 N–H and O–H groups in total. The minimum atomic E-state index is 0.431. The van der Waals surface area contributed by atoms with Gasteiger partial charge in [-0.2, -0.15) is 0 Å². The number of piperazine rings is 1. The number of benzene rings is 1. The van der Waals surface area contributed by atoms with Crippen molar-refractivity contribution in [1.82, 2.24) is 9.80 Å². The molecule has 0 spiro atoms. The van der Waals surface area contributed by atoms with E-state index < -0.39 is 0 Å². The zero-order chi connectivity index (χ0) is 15.7. The number of ether oxygens (including phenoxy) is 1. The van der Waals surface area contributed by atoms with Crippen LogP contribution in [0.2, 0.25) is 0 Å². The van der Waals surface area contributed by atoms with Gasteiger partial charge in [0.1, 0.15) is 5.75 Å². The number of nitrogens with zero attached hydrogens (tertiary/aromatic N) is 2. The number of likely N-dealkylation sites (N-methyl/N-ethyl adjacent to an activating group) is 1. The van der Waals surface area contributed by atoms with Gasteiger partial charge in [0, 0.05) is 37.8 Å². The first-order valence-corrected chi connectivity index (χ1v) is 8.27. The Kier molecular flexibility index (Phi) is 8.40. The summed E-state index contributed by atoms with van der Waals surface area (Å²) in [6, 6.07) is 8.78. The van der Waals surface area contributed by atoms with Crippen molar-refractivity contribution in [2.75, 3.05) is 39.8 Å². The van der Waals surface area contributed by atoms with Crippen molar-refractivity contribution in [3.05, 3.63) is 29.8 Å². The quantitative estimate of drug-likeness (QED) is 0.839. The standard InChI is InChI=1S/C15H24N2O.C3H8/c1-4-16-9-11-17(12-10-16)13(2)14-7-5-6-8-15(14)18-3;1-3-2/h5-8,13H,4,9-12H2,1-3H3;3H2,1-2H3. The largest absolute Gasteiger partial charge is 0.496 e. The molecule has 1 saturated heterocycles. The van der Waals surface area contributed by atoms with Crippen LogP contribution in [-0.2, 0) is 0 Å². The number of methoxy groups -OCH3 is 1. The lowest BCUT2D eigenvalue weighted by Gasteiger charge is -2.38. The van der Waals surface area contributed by atoms with E-state index in [-0.39, 0.29) is 0 Å². The lowest BCUT2D eigenvalue weighted by molar-refractivity contribution is 0.105. The zero-order valence-corrected chi connectivity index (χ0v) is 14.4. The van der Waals surface area contributed by atoms with Gasteiger partial charge < -0.3 is 9.64 Å². The second-order valence-corrected chi connectivity index (χ2v) is 5.60. The van der Waals surface area contributed by atoms with Crippen molar-refractivity contribution in [3.8, 4) is 5.75 Å². The summed E-state index contributed by atoms with van der Waals surface area (Å²) in [5.74, 6) is 1.00. The van der Waals surface area contributed by atoms with Crippen LogP contribution >= 0.6 is 0 Å². The maximum atomic E-state index is 5.46. The van der Waals surface area contributed by atoms with Crippen molar-refractivity contribution in [2.45, 2.75) is 40.2 Å². The second kappa shape index (κ2) is 9.80. The summed E-state index contributed by atoms with van der Waals surface area (Å²) in [7, 11) is 1.75. The van der Waals surface area contributed by atoms with Crippen LogP contribution in [0.5, 0.6) is 5.75 Å². The van der Waals surface area contributed by atoms with E-state index in [1.807, 2.05) is 12.1 Å². The fourth-order valence-electron chi connectivity index (χ4n) is 2.68. The van der Waals surface area contributed by atoms with E-state index in [0.29, 0.717) is 6.04 Å². The van der Waals surface area contributed by atoms with E-state index in [2.05, 4.69) is 49.6 Å². The monoisotopic (exact) mass is 292 g/mol. The van der Waals surface area contributed by atoms with Crippen molar-refractivity contribution in [1.29, 1.82) is 0 Å². The summed E-state index contributed by atoms with van der Waals surface area (Å²) in [5, 5.41) is 0. The predicted molar refractivity (Wildman–Crippen MR) is 91.1 cm³/mol. The van der Waals surface area contributed by atoms with Crippen LogP contribution in [0.1, 0.15) is 45.7 Å². The van der Waals surface area contributed by atoms with E-state index in [1.165, 1.54) is 25.1 Å². The number of para-hydroxylation sites is 1. The van der Waals surface area contributed by atoms with E-state index in [4.69, 9.17) is 4.74 Å². The van der Waals surface area contributed by atoms with Gasteiger partial charge in [-0.1, -0.05) is 45.4 Å². The fourth-order valence-corrected chi connectivity index (χ4v) is 2.68. The Morgan fingerprint density at radius 2 is 1.62 bits per heavy atom. The van der Waals surface area contributed by atoms with Crippen LogP contribution in [0, 0.1) is 0 Å². The van der Waals surface area contributed by atoms with E-state index >= 15 is 0 Å². The number of hydrogen-bond donors (Lipinski definition) is 0. The molecule has 1 fully saturated rings. The van der Waals surface area contributed by atoms with E-state index in [9.17, 15) is 0 Å². The zero-order valence-electron chi connectivity index (χ0n) is 14.4. The number of hydrogen-bond acceptors (Lipinski definition) is 3. The van der Waals surface area contributed by atoms with Gasteiger partial charge in [-0.25, -0.2) is 0 Å². The predicted octanol–water partition coefficient (Wildman–Crippen LogP) is 3.81. The smallest absolute Gasteiger partial charge is 0.123 e. The van der Waals surface area contributed by atoms with Crippen LogP contribution in [0.4, 0.5) is 0 Å². The molecule has 120 valence electrons. The first kappa shape index (κ1) is 18.0. The third-order valence-electron chi connectivity index (χ3n) is 3.99. The highest BCUT2D eigenvalue weighted by Crippen LogP contribution is 2.29. The van der Waals surface area contributed by atoms with Crippen molar-refractivity contribution >= 4 is 0 Å². The molecule has 0 radical (unpaired) electrons.